The van der Waals surface area contributed by atoms with Gasteiger partial charge in [-0.15, -0.1) is 0 Å². The summed E-state index contributed by atoms with van der Waals surface area (Å²) in [5.41, 5.74) is 0. The van der Waals surface area contributed by atoms with Gasteiger partial charge >= 0.3 is 0 Å². The van der Waals surface area contributed by atoms with Gasteiger partial charge in [-0.3, -0.25) is 0 Å². The van der Waals surface area contributed by atoms with E-state index in [2.05, 4.69) is 22.5 Å². The van der Waals surface area contributed by atoms with E-state index in [1.54, 1.807) is 6.08 Å². The first kappa shape index (κ1) is 7.70. The van der Waals surface area contributed by atoms with Crippen LogP contribution in [-0.4, -0.2) is 5.33 Å². The Kier molecular flexibility index (Phi) is 6.45. The second kappa shape index (κ2) is 6.70. The van der Waals surface area contributed by atoms with E-state index in [9.17, 15) is 0 Å². The van der Waals surface area contributed by atoms with E-state index in [1.807, 2.05) is 24.3 Å². The topological polar surface area (TPSA) is 0 Å². The van der Waals surface area contributed by atoms with Crippen molar-refractivity contribution in [2.45, 2.75) is 0 Å². The Morgan fingerprint density at radius 1 is 1.25 bits per heavy atom. The molecule has 0 nitrogen and oxygen atoms in total. The molecule has 0 radical (unpaired) electrons. The van der Waals surface area contributed by atoms with Gasteiger partial charge in [0.05, 0.1) is 0 Å². The smallest absolute Gasteiger partial charge is 0.0215 e. The zero-order valence-corrected chi connectivity index (χ0v) is 6.26. The minimum atomic E-state index is 0.911. The lowest BCUT2D eigenvalue weighted by Gasteiger charge is -1.70. The van der Waals surface area contributed by atoms with Crippen molar-refractivity contribution in [3.63, 3.8) is 0 Å². The lowest BCUT2D eigenvalue weighted by Crippen LogP contribution is -1.53. The lowest BCUT2D eigenvalue weighted by molar-refractivity contribution is 1.78. The number of hydrogen-bond acceptors (Lipinski definition) is 0. The number of halogens is 1. The van der Waals surface area contributed by atoms with Crippen LogP contribution in [0.4, 0.5) is 0 Å². The molecule has 0 unspecified atom stereocenters. The fraction of sp³-hybridized carbons (Fsp3) is 0.143. The molecule has 0 saturated heterocycles. The Morgan fingerprint density at radius 3 is 2.50 bits per heavy atom. The third kappa shape index (κ3) is 5.70. The molecule has 0 aliphatic carbocycles. The predicted octanol–water partition coefficient (Wildman–Crippen LogP) is 2.68. The van der Waals surface area contributed by atoms with Crippen LogP contribution in [0.3, 0.4) is 0 Å². The normalized spacial score (nSPS) is 11.1. The molecule has 0 aromatic heterocycles. The fourth-order valence-electron chi connectivity index (χ4n) is 0.273. The van der Waals surface area contributed by atoms with Crippen LogP contribution in [0.5, 0.6) is 0 Å². The summed E-state index contributed by atoms with van der Waals surface area (Å²) >= 11 is 3.25. The molecule has 0 heterocycles. The highest BCUT2D eigenvalue weighted by molar-refractivity contribution is 9.09. The molecule has 0 atom stereocenters. The molecule has 0 aliphatic heterocycles. The molecule has 0 aliphatic rings. The summed E-state index contributed by atoms with van der Waals surface area (Å²) in [5.74, 6) is 0. The van der Waals surface area contributed by atoms with Crippen LogP contribution in [0.2, 0.25) is 0 Å². The quantitative estimate of drug-likeness (QED) is 0.454. The summed E-state index contributed by atoms with van der Waals surface area (Å²) in [4.78, 5) is 0. The van der Waals surface area contributed by atoms with Gasteiger partial charge in [-0.05, 0) is 0 Å². The van der Waals surface area contributed by atoms with E-state index in [0.717, 1.165) is 5.33 Å². The van der Waals surface area contributed by atoms with Crippen LogP contribution in [0.15, 0.2) is 37.0 Å². The van der Waals surface area contributed by atoms with E-state index in [-0.39, 0.29) is 0 Å². The first-order valence-corrected chi connectivity index (χ1v) is 3.54. The van der Waals surface area contributed by atoms with Gasteiger partial charge in [-0.1, -0.05) is 52.9 Å². The van der Waals surface area contributed by atoms with Gasteiger partial charge in [0.2, 0.25) is 0 Å². The van der Waals surface area contributed by atoms with Crippen LogP contribution in [0.25, 0.3) is 0 Å². The maximum atomic E-state index is 3.53. The number of hydrogen-bond donors (Lipinski definition) is 0. The highest BCUT2D eigenvalue weighted by Gasteiger charge is 1.60. The van der Waals surface area contributed by atoms with Gasteiger partial charge in [-0.2, -0.15) is 0 Å². The van der Waals surface area contributed by atoms with Crippen LogP contribution in [-0.2, 0) is 0 Å². The molecule has 0 amide bonds. The minimum absolute atomic E-state index is 0.911. The molecule has 8 heavy (non-hydrogen) atoms. The Morgan fingerprint density at radius 2 is 2.00 bits per heavy atom. The minimum Gasteiger partial charge on any atom is -0.0991 e. The van der Waals surface area contributed by atoms with E-state index in [0.29, 0.717) is 0 Å². The van der Waals surface area contributed by atoms with E-state index in [1.165, 1.54) is 0 Å². The summed E-state index contributed by atoms with van der Waals surface area (Å²) in [6.07, 6.45) is 9.56. The summed E-state index contributed by atoms with van der Waals surface area (Å²) in [6.45, 7) is 3.53. The highest BCUT2D eigenvalue weighted by atomic mass is 79.9. The van der Waals surface area contributed by atoms with Crippen LogP contribution < -0.4 is 0 Å². The Labute approximate surface area is 58.7 Å². The number of allylic oxidation sites excluding steroid dienone is 5. The van der Waals surface area contributed by atoms with Gasteiger partial charge in [0.1, 0.15) is 0 Å². The molecule has 0 saturated carbocycles. The summed E-state index contributed by atoms with van der Waals surface area (Å²) < 4.78 is 0. The SMILES string of the molecule is C=C/C=C\C=C/CBr. The van der Waals surface area contributed by atoms with Gasteiger partial charge in [0.15, 0.2) is 0 Å². The molecule has 44 valence electrons. The number of alkyl halides is 1. The fourth-order valence-corrected chi connectivity index (χ4v) is 0.489. The lowest BCUT2D eigenvalue weighted by atomic mass is 10.4. The standard InChI is InChI=1S/C7H9Br/c1-2-3-4-5-6-7-8/h2-6H,1,7H2/b4-3-,6-5-. The van der Waals surface area contributed by atoms with Crippen LogP contribution in [0, 0.1) is 0 Å². The average molecular weight is 173 g/mol. The second-order valence-corrected chi connectivity index (χ2v) is 1.85. The van der Waals surface area contributed by atoms with Crippen molar-refractivity contribution < 1.29 is 0 Å². The van der Waals surface area contributed by atoms with Crippen molar-refractivity contribution in [2.75, 3.05) is 5.33 Å². The molecule has 0 N–H and O–H groups in total. The van der Waals surface area contributed by atoms with Crippen molar-refractivity contribution in [1.29, 1.82) is 0 Å². The monoisotopic (exact) mass is 172 g/mol. The van der Waals surface area contributed by atoms with Crippen molar-refractivity contribution in [3.05, 3.63) is 37.0 Å². The summed E-state index contributed by atoms with van der Waals surface area (Å²) in [6, 6.07) is 0. The van der Waals surface area contributed by atoms with Crippen LogP contribution >= 0.6 is 15.9 Å². The first-order chi connectivity index (χ1) is 3.91. The molecular formula is C7H9Br. The van der Waals surface area contributed by atoms with Gasteiger partial charge in [-0.25, -0.2) is 0 Å². The average Bonchev–Trinajstić information content (AvgIpc) is 1.81. The molecule has 1 heteroatoms. The highest BCUT2D eigenvalue weighted by Crippen LogP contribution is 1.82. The number of rotatable bonds is 3. The third-order valence-corrected chi connectivity index (χ3v) is 0.957. The molecule has 0 rings (SSSR count). The zero-order chi connectivity index (χ0) is 6.24. The summed E-state index contributed by atoms with van der Waals surface area (Å²) in [5, 5.41) is 0.911. The first-order valence-electron chi connectivity index (χ1n) is 2.42. The largest absolute Gasteiger partial charge is 0.0991 e. The Balaban J connectivity index is 3.26. The maximum Gasteiger partial charge on any atom is 0.0215 e. The van der Waals surface area contributed by atoms with Crippen molar-refractivity contribution in [1.82, 2.24) is 0 Å². The van der Waals surface area contributed by atoms with E-state index < -0.39 is 0 Å². The molecule has 0 bridgehead atoms. The molecule has 0 aromatic rings. The van der Waals surface area contributed by atoms with Gasteiger partial charge in [0.25, 0.3) is 0 Å². The molecule has 0 spiro atoms. The van der Waals surface area contributed by atoms with Crippen molar-refractivity contribution >= 4 is 15.9 Å². The molecule has 0 fully saturated rings. The maximum absolute atomic E-state index is 3.53. The Hall–Kier alpha value is -0.300. The predicted molar refractivity (Wildman–Crippen MR) is 42.3 cm³/mol. The van der Waals surface area contributed by atoms with Crippen molar-refractivity contribution in [3.8, 4) is 0 Å². The second-order valence-electron chi connectivity index (χ2n) is 1.20. The van der Waals surface area contributed by atoms with Gasteiger partial charge < -0.3 is 0 Å². The summed E-state index contributed by atoms with van der Waals surface area (Å²) in [7, 11) is 0. The van der Waals surface area contributed by atoms with E-state index >= 15 is 0 Å². The molecular weight excluding hydrogens is 164 g/mol. The van der Waals surface area contributed by atoms with E-state index in [4.69, 9.17) is 0 Å². The van der Waals surface area contributed by atoms with Gasteiger partial charge in [0, 0.05) is 5.33 Å². The van der Waals surface area contributed by atoms with Crippen molar-refractivity contribution in [2.24, 2.45) is 0 Å². The zero-order valence-electron chi connectivity index (χ0n) is 4.68. The van der Waals surface area contributed by atoms with Crippen LogP contribution in [0.1, 0.15) is 0 Å². The molecule has 0 aromatic carbocycles. The third-order valence-electron chi connectivity index (χ3n) is 0.583. The Bertz CT molecular complexity index is 101.